The molecule has 0 aliphatic rings. The molecule has 0 aromatic heterocycles. The Balaban J connectivity index is 2.52. The highest BCUT2D eigenvalue weighted by atomic mass is 32.1. The summed E-state index contributed by atoms with van der Waals surface area (Å²) in [6.07, 6.45) is 2.18. The van der Waals surface area contributed by atoms with E-state index < -0.39 is 0 Å². The number of ether oxygens (including phenoxy) is 1. The number of aryl methyl sites for hydroxylation is 1. The fraction of sp³-hybridized carbons (Fsp3) is 0.571. The van der Waals surface area contributed by atoms with Gasteiger partial charge in [-0.1, -0.05) is 17.7 Å². The molecule has 0 heterocycles. The van der Waals surface area contributed by atoms with Crippen molar-refractivity contribution in [2.45, 2.75) is 19.8 Å². The Bertz CT molecular complexity index is 341. The molecule has 0 saturated heterocycles. The monoisotopic (exact) mass is 253 g/mol. The van der Waals surface area contributed by atoms with E-state index in [0.29, 0.717) is 0 Å². The number of thiol groups is 1. The highest BCUT2D eigenvalue weighted by Gasteiger charge is 2.05. The quantitative estimate of drug-likeness (QED) is 0.750. The second kappa shape index (κ2) is 7.62. The van der Waals surface area contributed by atoms with Crippen molar-refractivity contribution in [3.05, 3.63) is 29.3 Å². The minimum Gasteiger partial charge on any atom is -0.496 e. The van der Waals surface area contributed by atoms with Gasteiger partial charge in [0.05, 0.1) is 7.11 Å². The molecule has 0 aliphatic heterocycles. The maximum Gasteiger partial charge on any atom is 0.122 e. The Kier molecular flexibility index (Phi) is 6.45. The predicted molar refractivity (Wildman–Crippen MR) is 77.4 cm³/mol. The van der Waals surface area contributed by atoms with E-state index >= 15 is 0 Å². The van der Waals surface area contributed by atoms with Crippen LogP contribution in [0.3, 0.4) is 0 Å². The maximum absolute atomic E-state index is 5.38. The van der Waals surface area contributed by atoms with Gasteiger partial charge in [0.2, 0.25) is 0 Å². The van der Waals surface area contributed by atoms with Gasteiger partial charge >= 0.3 is 0 Å². The van der Waals surface area contributed by atoms with Gasteiger partial charge in [0, 0.05) is 6.54 Å². The SMILES string of the molecule is COc1ccc(C)cc1CCN(C)CCCS. The first-order valence-corrected chi connectivity index (χ1v) is 6.73. The molecule has 0 atom stereocenters. The molecule has 0 unspecified atom stereocenters. The molecule has 0 aliphatic carbocycles. The third-order valence-electron chi connectivity index (χ3n) is 2.90. The number of likely N-dealkylation sites (N-methyl/N-ethyl adjacent to an activating group) is 1. The summed E-state index contributed by atoms with van der Waals surface area (Å²) < 4.78 is 5.38. The summed E-state index contributed by atoms with van der Waals surface area (Å²) in [5.74, 6) is 1.95. The van der Waals surface area contributed by atoms with Gasteiger partial charge in [0.25, 0.3) is 0 Å². The number of hydrogen-bond acceptors (Lipinski definition) is 3. The van der Waals surface area contributed by atoms with Crippen LogP contribution >= 0.6 is 12.6 Å². The minimum atomic E-state index is 0.956. The molecule has 1 rings (SSSR count). The molecule has 96 valence electrons. The van der Waals surface area contributed by atoms with E-state index in [1.54, 1.807) is 7.11 Å². The standard InChI is InChI=1S/C14H23NOS/c1-12-5-6-14(16-3)13(11-12)7-9-15(2)8-4-10-17/h5-6,11,17H,4,7-10H2,1-3H3. The number of methoxy groups -OCH3 is 1. The Morgan fingerprint density at radius 1 is 1.29 bits per heavy atom. The van der Waals surface area contributed by atoms with Crippen molar-refractivity contribution in [2.75, 3.05) is 33.0 Å². The van der Waals surface area contributed by atoms with E-state index in [1.165, 1.54) is 11.1 Å². The summed E-state index contributed by atoms with van der Waals surface area (Å²) in [7, 11) is 3.89. The molecule has 1 aromatic carbocycles. The lowest BCUT2D eigenvalue weighted by molar-refractivity contribution is 0.336. The first kappa shape index (κ1) is 14.4. The Labute approximate surface area is 110 Å². The Hall–Kier alpha value is -0.670. The van der Waals surface area contributed by atoms with E-state index in [2.05, 4.69) is 49.7 Å². The van der Waals surface area contributed by atoms with Crippen LogP contribution in [0, 0.1) is 6.92 Å². The smallest absolute Gasteiger partial charge is 0.122 e. The van der Waals surface area contributed by atoms with Crippen LogP contribution in [-0.2, 0) is 6.42 Å². The van der Waals surface area contributed by atoms with Crippen molar-refractivity contribution < 1.29 is 4.74 Å². The lowest BCUT2D eigenvalue weighted by Gasteiger charge is -2.17. The van der Waals surface area contributed by atoms with E-state index in [4.69, 9.17) is 4.74 Å². The van der Waals surface area contributed by atoms with Gasteiger partial charge in [0.15, 0.2) is 0 Å². The second-order valence-electron chi connectivity index (χ2n) is 4.45. The van der Waals surface area contributed by atoms with Gasteiger partial charge in [-0.25, -0.2) is 0 Å². The summed E-state index contributed by atoms with van der Waals surface area (Å²) in [6, 6.07) is 6.36. The van der Waals surface area contributed by atoms with Crippen LogP contribution in [0.1, 0.15) is 17.5 Å². The summed E-state index contributed by atoms with van der Waals surface area (Å²) in [4.78, 5) is 2.35. The van der Waals surface area contributed by atoms with Crippen LogP contribution < -0.4 is 4.74 Å². The van der Waals surface area contributed by atoms with Crippen molar-refractivity contribution in [1.82, 2.24) is 4.90 Å². The van der Waals surface area contributed by atoms with E-state index in [1.807, 2.05) is 0 Å². The summed E-state index contributed by atoms with van der Waals surface area (Å²) in [5, 5.41) is 0. The van der Waals surface area contributed by atoms with Crippen molar-refractivity contribution in [1.29, 1.82) is 0 Å². The largest absolute Gasteiger partial charge is 0.496 e. The summed E-state index contributed by atoms with van der Waals surface area (Å²) in [6.45, 7) is 4.29. The number of benzene rings is 1. The highest BCUT2D eigenvalue weighted by Crippen LogP contribution is 2.20. The van der Waals surface area contributed by atoms with Gasteiger partial charge in [-0.15, -0.1) is 0 Å². The Morgan fingerprint density at radius 2 is 2.06 bits per heavy atom. The molecular weight excluding hydrogens is 230 g/mol. The van der Waals surface area contributed by atoms with Crippen LogP contribution in [-0.4, -0.2) is 37.9 Å². The first-order chi connectivity index (χ1) is 8.17. The first-order valence-electron chi connectivity index (χ1n) is 6.10. The van der Waals surface area contributed by atoms with E-state index in [-0.39, 0.29) is 0 Å². The lowest BCUT2D eigenvalue weighted by Crippen LogP contribution is -2.22. The number of hydrogen-bond donors (Lipinski definition) is 1. The van der Waals surface area contributed by atoms with E-state index in [0.717, 1.165) is 37.4 Å². The normalized spacial score (nSPS) is 10.9. The molecular formula is C14H23NOS. The predicted octanol–water partition coefficient (Wildman–Crippen LogP) is 2.80. The molecule has 0 bridgehead atoms. The minimum absolute atomic E-state index is 0.956. The lowest BCUT2D eigenvalue weighted by atomic mass is 10.1. The second-order valence-corrected chi connectivity index (χ2v) is 4.89. The van der Waals surface area contributed by atoms with Gasteiger partial charge in [-0.2, -0.15) is 12.6 Å². The zero-order valence-corrected chi connectivity index (χ0v) is 12.0. The topological polar surface area (TPSA) is 12.5 Å². The Morgan fingerprint density at radius 3 is 2.71 bits per heavy atom. The third-order valence-corrected chi connectivity index (χ3v) is 3.21. The third kappa shape index (κ3) is 5.00. The van der Waals surface area contributed by atoms with Crippen LogP contribution in [0.25, 0.3) is 0 Å². The van der Waals surface area contributed by atoms with Gasteiger partial charge in [-0.3, -0.25) is 0 Å². The highest BCUT2D eigenvalue weighted by molar-refractivity contribution is 7.80. The molecule has 3 heteroatoms. The average molecular weight is 253 g/mol. The van der Waals surface area contributed by atoms with E-state index in [9.17, 15) is 0 Å². The summed E-state index contributed by atoms with van der Waals surface area (Å²) in [5.41, 5.74) is 2.59. The fourth-order valence-corrected chi connectivity index (χ4v) is 2.01. The zero-order chi connectivity index (χ0) is 12.7. The average Bonchev–Trinajstić information content (AvgIpc) is 2.34. The van der Waals surface area contributed by atoms with Crippen molar-refractivity contribution in [2.24, 2.45) is 0 Å². The van der Waals surface area contributed by atoms with Crippen molar-refractivity contribution >= 4 is 12.6 Å². The van der Waals surface area contributed by atoms with Crippen molar-refractivity contribution in [3.63, 3.8) is 0 Å². The summed E-state index contributed by atoms with van der Waals surface area (Å²) >= 11 is 4.23. The molecule has 0 spiro atoms. The number of nitrogens with zero attached hydrogens (tertiary/aromatic N) is 1. The molecule has 0 amide bonds. The zero-order valence-electron chi connectivity index (χ0n) is 11.1. The molecule has 1 aromatic rings. The maximum atomic E-state index is 5.38. The molecule has 0 N–H and O–H groups in total. The van der Waals surface area contributed by atoms with Gasteiger partial charge in [0.1, 0.15) is 5.75 Å². The van der Waals surface area contributed by atoms with Crippen LogP contribution in [0.4, 0.5) is 0 Å². The molecule has 0 saturated carbocycles. The molecule has 0 fully saturated rings. The van der Waals surface area contributed by atoms with Crippen LogP contribution in [0.15, 0.2) is 18.2 Å². The van der Waals surface area contributed by atoms with Gasteiger partial charge < -0.3 is 9.64 Å². The van der Waals surface area contributed by atoms with Crippen LogP contribution in [0.2, 0.25) is 0 Å². The molecule has 0 radical (unpaired) electrons. The molecule has 2 nitrogen and oxygen atoms in total. The van der Waals surface area contributed by atoms with Gasteiger partial charge in [-0.05, 0) is 50.7 Å². The molecule has 17 heavy (non-hydrogen) atoms. The van der Waals surface area contributed by atoms with Crippen LogP contribution in [0.5, 0.6) is 5.75 Å². The fourth-order valence-electron chi connectivity index (χ4n) is 1.87. The van der Waals surface area contributed by atoms with Crippen molar-refractivity contribution in [3.8, 4) is 5.75 Å². The number of rotatable bonds is 7.